The minimum Gasteiger partial charge on any atom is -0.507 e. The number of carbonyl (C=O) groups excluding carboxylic acids is 1. The molecule has 0 aliphatic rings. The van der Waals surface area contributed by atoms with Gasteiger partial charge in [-0.25, -0.2) is 4.39 Å². The first-order valence-corrected chi connectivity index (χ1v) is 6.61. The lowest BCUT2D eigenvalue weighted by atomic mass is 10.0. The highest BCUT2D eigenvalue weighted by Gasteiger charge is 2.20. The Labute approximate surface area is 118 Å². The topological polar surface area (TPSA) is 60.8 Å². The Hall–Kier alpha value is -1.46. The summed E-state index contributed by atoms with van der Waals surface area (Å²) >= 11 is 0. The average Bonchev–Trinajstić information content (AvgIpc) is 2.30. The molecule has 0 atom stereocenters. The van der Waals surface area contributed by atoms with Crippen LogP contribution in [-0.4, -0.2) is 39.6 Å². The molecule has 0 saturated heterocycles. The second-order valence-electron chi connectivity index (χ2n) is 5.63. The predicted octanol–water partition coefficient (Wildman–Crippen LogP) is 2.33. The molecule has 4 nitrogen and oxygen atoms in total. The maximum atomic E-state index is 13.5. The van der Waals surface area contributed by atoms with Crippen molar-refractivity contribution in [2.45, 2.75) is 39.8 Å². The zero-order valence-electron chi connectivity index (χ0n) is 12.4. The van der Waals surface area contributed by atoms with Gasteiger partial charge in [-0.1, -0.05) is 6.92 Å². The van der Waals surface area contributed by atoms with Gasteiger partial charge in [0.1, 0.15) is 11.6 Å². The van der Waals surface area contributed by atoms with E-state index in [-0.39, 0.29) is 23.6 Å². The first-order valence-electron chi connectivity index (χ1n) is 6.61. The fourth-order valence-corrected chi connectivity index (χ4v) is 2.11. The number of aromatic hydroxyl groups is 1. The fourth-order valence-electron chi connectivity index (χ4n) is 2.11. The average molecular weight is 283 g/mol. The lowest BCUT2D eigenvalue weighted by Gasteiger charge is -2.28. The molecular formula is C15H22FNO3. The highest BCUT2D eigenvalue weighted by atomic mass is 19.1. The number of hydrogen-bond acceptors (Lipinski definition) is 4. The fraction of sp³-hybridized carbons (Fsp3) is 0.533. The molecule has 0 aromatic heterocycles. The quantitative estimate of drug-likeness (QED) is 0.787. The number of phenolic OH excluding ortho intramolecular Hbond substituents is 1. The number of rotatable bonds is 6. The van der Waals surface area contributed by atoms with Crippen molar-refractivity contribution in [1.29, 1.82) is 0 Å². The van der Waals surface area contributed by atoms with Crippen LogP contribution in [0.15, 0.2) is 12.1 Å². The number of ketones is 1. The first-order chi connectivity index (χ1) is 9.14. The summed E-state index contributed by atoms with van der Waals surface area (Å²) in [6.07, 6.45) is 0. The van der Waals surface area contributed by atoms with Gasteiger partial charge < -0.3 is 10.2 Å². The van der Waals surface area contributed by atoms with Gasteiger partial charge in [0.15, 0.2) is 5.78 Å². The molecule has 2 N–H and O–H groups in total. The van der Waals surface area contributed by atoms with Gasteiger partial charge in [-0.2, -0.15) is 0 Å². The molecule has 0 spiro atoms. The third-order valence-corrected chi connectivity index (χ3v) is 2.98. The summed E-state index contributed by atoms with van der Waals surface area (Å²) < 4.78 is 13.5. The number of aliphatic hydroxyl groups is 1. The maximum absolute atomic E-state index is 13.5. The summed E-state index contributed by atoms with van der Waals surface area (Å²) in [6, 6.07) is 2.25. The number of Topliss-reactive ketones (excluding diaryl/α,β-unsaturated/α-hetero) is 1. The van der Waals surface area contributed by atoms with Crippen LogP contribution in [0.4, 0.5) is 4.39 Å². The van der Waals surface area contributed by atoms with Gasteiger partial charge in [0, 0.05) is 18.7 Å². The van der Waals surface area contributed by atoms with Crippen molar-refractivity contribution in [1.82, 2.24) is 4.90 Å². The van der Waals surface area contributed by atoms with Crippen LogP contribution in [0.2, 0.25) is 0 Å². The lowest BCUT2D eigenvalue weighted by molar-refractivity contribution is 0.0350. The van der Waals surface area contributed by atoms with Crippen molar-refractivity contribution in [3.63, 3.8) is 0 Å². The lowest BCUT2D eigenvalue weighted by Crippen LogP contribution is -2.38. The van der Waals surface area contributed by atoms with Crippen molar-refractivity contribution in [2.24, 2.45) is 0 Å². The highest BCUT2D eigenvalue weighted by Crippen LogP contribution is 2.26. The number of benzene rings is 1. The predicted molar refractivity (Wildman–Crippen MR) is 75.3 cm³/mol. The van der Waals surface area contributed by atoms with Crippen LogP contribution in [0.5, 0.6) is 5.75 Å². The zero-order valence-corrected chi connectivity index (χ0v) is 12.4. The SMILES string of the molecule is CCN(Cc1cc(F)cc(C(C)=O)c1O)CC(C)(C)O. The standard InChI is InChI=1S/C15H22FNO3/c1-5-17(9-15(3,4)20)8-11-6-12(16)7-13(10(2)18)14(11)19/h6-7,19-20H,5,8-9H2,1-4H3. The molecule has 0 saturated carbocycles. The Morgan fingerprint density at radius 2 is 2.00 bits per heavy atom. The smallest absolute Gasteiger partial charge is 0.163 e. The van der Waals surface area contributed by atoms with Crippen LogP contribution in [0.25, 0.3) is 0 Å². The largest absolute Gasteiger partial charge is 0.507 e. The second-order valence-corrected chi connectivity index (χ2v) is 5.63. The van der Waals surface area contributed by atoms with E-state index in [4.69, 9.17) is 0 Å². The molecule has 0 amide bonds. The summed E-state index contributed by atoms with van der Waals surface area (Å²) in [5.74, 6) is -1.12. The minimum atomic E-state index is -0.887. The van der Waals surface area contributed by atoms with Crippen LogP contribution in [0.1, 0.15) is 43.6 Å². The normalized spacial score (nSPS) is 11.9. The molecule has 0 aliphatic carbocycles. The molecule has 1 aromatic rings. The molecule has 112 valence electrons. The van der Waals surface area contributed by atoms with Gasteiger partial charge in [-0.3, -0.25) is 9.69 Å². The Morgan fingerprint density at radius 1 is 1.40 bits per heavy atom. The maximum Gasteiger partial charge on any atom is 0.163 e. The molecule has 0 aliphatic heterocycles. The highest BCUT2D eigenvalue weighted by molar-refractivity contribution is 5.97. The Bertz CT molecular complexity index is 495. The molecule has 0 unspecified atom stereocenters. The molecule has 1 aromatic carbocycles. The molecule has 1 rings (SSSR count). The van der Waals surface area contributed by atoms with E-state index in [1.165, 1.54) is 13.0 Å². The van der Waals surface area contributed by atoms with E-state index < -0.39 is 11.4 Å². The molecule has 5 heteroatoms. The van der Waals surface area contributed by atoms with Crippen LogP contribution in [0.3, 0.4) is 0 Å². The van der Waals surface area contributed by atoms with Gasteiger partial charge in [0.25, 0.3) is 0 Å². The van der Waals surface area contributed by atoms with Gasteiger partial charge in [-0.15, -0.1) is 0 Å². The molecule has 0 heterocycles. The van der Waals surface area contributed by atoms with Crippen LogP contribution >= 0.6 is 0 Å². The summed E-state index contributed by atoms with van der Waals surface area (Å²) in [4.78, 5) is 13.2. The number of hydrogen-bond donors (Lipinski definition) is 2. The van der Waals surface area contributed by atoms with E-state index in [9.17, 15) is 19.4 Å². The van der Waals surface area contributed by atoms with Gasteiger partial charge in [0.2, 0.25) is 0 Å². The number of nitrogens with zero attached hydrogens (tertiary/aromatic N) is 1. The van der Waals surface area contributed by atoms with E-state index in [2.05, 4.69) is 0 Å². The van der Waals surface area contributed by atoms with Crippen molar-refractivity contribution >= 4 is 5.78 Å². The van der Waals surface area contributed by atoms with Gasteiger partial charge in [0.05, 0.1) is 11.2 Å². The minimum absolute atomic E-state index is 0.0145. The second kappa shape index (κ2) is 6.33. The van der Waals surface area contributed by atoms with Gasteiger partial charge >= 0.3 is 0 Å². The summed E-state index contributed by atoms with van der Waals surface area (Å²) in [6.45, 7) is 7.85. The third-order valence-electron chi connectivity index (χ3n) is 2.98. The van der Waals surface area contributed by atoms with Crippen LogP contribution in [-0.2, 0) is 6.54 Å². The van der Waals surface area contributed by atoms with E-state index in [1.807, 2.05) is 11.8 Å². The first kappa shape index (κ1) is 16.6. The molecular weight excluding hydrogens is 261 g/mol. The summed E-state index contributed by atoms with van der Waals surface area (Å²) in [5.41, 5.74) is -0.553. The van der Waals surface area contributed by atoms with Crippen LogP contribution < -0.4 is 0 Å². The summed E-state index contributed by atoms with van der Waals surface area (Å²) in [5, 5.41) is 19.9. The third kappa shape index (κ3) is 4.58. The monoisotopic (exact) mass is 283 g/mol. The van der Waals surface area contributed by atoms with E-state index in [0.29, 0.717) is 18.7 Å². The van der Waals surface area contributed by atoms with E-state index in [0.717, 1.165) is 6.07 Å². The Morgan fingerprint density at radius 3 is 2.45 bits per heavy atom. The van der Waals surface area contributed by atoms with Crippen molar-refractivity contribution in [2.75, 3.05) is 13.1 Å². The summed E-state index contributed by atoms with van der Waals surface area (Å²) in [7, 11) is 0. The number of phenols is 1. The van der Waals surface area contributed by atoms with Crippen LogP contribution in [0, 0.1) is 5.82 Å². The molecule has 0 fully saturated rings. The van der Waals surface area contributed by atoms with Crippen molar-refractivity contribution in [3.8, 4) is 5.75 Å². The van der Waals surface area contributed by atoms with E-state index in [1.54, 1.807) is 13.8 Å². The number of halogens is 1. The molecule has 20 heavy (non-hydrogen) atoms. The van der Waals surface area contributed by atoms with Gasteiger partial charge in [-0.05, 0) is 39.4 Å². The van der Waals surface area contributed by atoms with Crippen molar-refractivity contribution in [3.05, 3.63) is 29.1 Å². The Kier molecular flexibility index (Phi) is 5.25. The number of likely N-dealkylation sites (N-methyl/N-ethyl adjacent to an activating group) is 1. The van der Waals surface area contributed by atoms with E-state index >= 15 is 0 Å². The Balaban J connectivity index is 3.04. The molecule has 0 radical (unpaired) electrons. The zero-order chi connectivity index (χ0) is 15.5. The van der Waals surface area contributed by atoms with Crippen molar-refractivity contribution < 1.29 is 19.4 Å². The number of carbonyl (C=O) groups is 1. The molecule has 0 bridgehead atoms.